The molecule has 1 saturated carbocycles. The maximum atomic E-state index is 14.2. The smallest absolute Gasteiger partial charge is 0.251 e. The van der Waals surface area contributed by atoms with E-state index in [0.29, 0.717) is 30.4 Å². The van der Waals surface area contributed by atoms with E-state index in [9.17, 15) is 27.9 Å². The highest BCUT2D eigenvalue weighted by Gasteiger charge is 2.46. The van der Waals surface area contributed by atoms with Crippen LogP contribution in [0.15, 0.2) is 54.6 Å². The zero-order valence-corrected chi connectivity index (χ0v) is 30.9. The zero-order valence-electron chi connectivity index (χ0n) is 30.1. The molecule has 12 heteroatoms. The average molecular weight is 708 g/mol. The lowest BCUT2D eigenvalue weighted by molar-refractivity contribution is -0.133. The van der Waals surface area contributed by atoms with Gasteiger partial charge in [-0.15, -0.1) is 0 Å². The summed E-state index contributed by atoms with van der Waals surface area (Å²) >= 11 is 0. The van der Waals surface area contributed by atoms with Gasteiger partial charge in [0, 0.05) is 30.4 Å². The number of carbonyl (C=O) groups is 3. The standard InChI is InChI=1S/C38H53N5O6S/c1-37(2,3)42-35(46)31-21-28-14-10-11-15-29(28)23-43(31)24-32(44)30(20-25-12-8-7-9-13-25)40-36(47)33(38(4,5)50(6,48)49)41-34(45)27-18-16-26(22-39)17-19-27/h7-9,12-13,16-19,28-33,44H,10-11,14-15,20-21,23-24H2,1-6H3,(H,40,47)(H,41,45)(H,42,46)/t28-,29+,30?,31?,32?,33+/m0/s1. The van der Waals surface area contributed by atoms with Crippen LogP contribution in [0.4, 0.5) is 0 Å². The van der Waals surface area contributed by atoms with Crippen molar-refractivity contribution < 1.29 is 27.9 Å². The first-order valence-electron chi connectivity index (χ1n) is 17.5. The predicted octanol–water partition coefficient (Wildman–Crippen LogP) is 3.36. The molecule has 0 radical (unpaired) electrons. The molecule has 2 aliphatic rings. The summed E-state index contributed by atoms with van der Waals surface area (Å²) in [6.45, 7) is 9.34. The number of hydrogen-bond acceptors (Lipinski definition) is 8. The lowest BCUT2D eigenvalue weighted by atomic mass is 9.72. The quantitative estimate of drug-likeness (QED) is 0.261. The first-order valence-corrected chi connectivity index (χ1v) is 19.4. The molecule has 1 saturated heterocycles. The number of carbonyl (C=O) groups excluding carboxylic acids is 3. The third kappa shape index (κ3) is 9.92. The van der Waals surface area contributed by atoms with Gasteiger partial charge in [-0.25, -0.2) is 8.42 Å². The summed E-state index contributed by atoms with van der Waals surface area (Å²) in [6, 6.07) is 14.2. The zero-order chi connectivity index (χ0) is 36.9. The second-order valence-corrected chi connectivity index (χ2v) is 18.2. The Morgan fingerprint density at radius 2 is 1.58 bits per heavy atom. The molecule has 272 valence electrons. The van der Waals surface area contributed by atoms with E-state index in [0.717, 1.165) is 37.5 Å². The van der Waals surface area contributed by atoms with Crippen LogP contribution < -0.4 is 16.0 Å². The minimum atomic E-state index is -3.90. The van der Waals surface area contributed by atoms with Crippen LogP contribution in [0.3, 0.4) is 0 Å². The maximum Gasteiger partial charge on any atom is 0.251 e. The third-order valence-corrected chi connectivity index (χ3v) is 12.4. The number of fused-ring (bicyclic) bond motifs is 1. The molecule has 4 N–H and O–H groups in total. The molecule has 2 aromatic rings. The van der Waals surface area contributed by atoms with Crippen molar-refractivity contribution in [2.24, 2.45) is 11.8 Å². The number of piperidine rings is 1. The van der Waals surface area contributed by atoms with Crippen LogP contribution in [0.1, 0.15) is 88.2 Å². The summed E-state index contributed by atoms with van der Waals surface area (Å²) in [4.78, 5) is 43.3. The first-order chi connectivity index (χ1) is 23.4. The molecule has 0 spiro atoms. The van der Waals surface area contributed by atoms with Gasteiger partial charge in [-0.2, -0.15) is 5.26 Å². The molecular formula is C38H53N5O6S. The van der Waals surface area contributed by atoms with Crippen molar-refractivity contribution in [2.45, 2.75) is 108 Å². The SMILES string of the molecule is CC(C)(C)NC(=O)C1C[C@@H]2CCCC[C@@H]2CN1CC(O)C(Cc1ccccc1)NC(=O)[C@@H](NC(=O)c1ccc(C#N)cc1)C(C)(C)S(C)(=O)=O. The molecule has 4 rings (SSSR count). The van der Waals surface area contributed by atoms with E-state index in [4.69, 9.17) is 5.26 Å². The number of sulfone groups is 1. The van der Waals surface area contributed by atoms with Gasteiger partial charge in [0.25, 0.3) is 5.91 Å². The second kappa shape index (κ2) is 16.0. The van der Waals surface area contributed by atoms with Crippen LogP contribution in [0.2, 0.25) is 0 Å². The Labute approximate surface area is 297 Å². The van der Waals surface area contributed by atoms with E-state index in [2.05, 4.69) is 16.0 Å². The van der Waals surface area contributed by atoms with Gasteiger partial charge >= 0.3 is 0 Å². The van der Waals surface area contributed by atoms with E-state index in [1.165, 1.54) is 38.1 Å². The number of nitrogens with one attached hydrogen (secondary N) is 3. The fourth-order valence-corrected chi connectivity index (χ4v) is 7.69. The molecule has 2 fully saturated rings. The van der Waals surface area contributed by atoms with Gasteiger partial charge in [0.15, 0.2) is 9.84 Å². The van der Waals surface area contributed by atoms with Crippen molar-refractivity contribution >= 4 is 27.6 Å². The van der Waals surface area contributed by atoms with Crippen LogP contribution in [-0.4, -0.2) is 90.0 Å². The number of nitrogens with zero attached hydrogens (tertiary/aromatic N) is 2. The summed E-state index contributed by atoms with van der Waals surface area (Å²) in [6.07, 6.45) is 5.22. The molecule has 1 aliphatic carbocycles. The minimum absolute atomic E-state index is 0.0853. The number of β-amino-alcohol motifs (C(OH)–C–C–N with tert-alkyl or cyclic N) is 1. The van der Waals surface area contributed by atoms with Gasteiger partial charge in [-0.1, -0.05) is 49.6 Å². The van der Waals surface area contributed by atoms with Gasteiger partial charge in [-0.05, 0) is 95.5 Å². The van der Waals surface area contributed by atoms with Crippen molar-refractivity contribution in [3.63, 3.8) is 0 Å². The largest absolute Gasteiger partial charge is 0.390 e. The number of aliphatic hydroxyl groups excluding tert-OH is 1. The molecular weight excluding hydrogens is 655 g/mol. The number of benzene rings is 2. The van der Waals surface area contributed by atoms with Gasteiger partial charge in [-0.3, -0.25) is 19.3 Å². The highest BCUT2D eigenvalue weighted by Crippen LogP contribution is 2.39. The van der Waals surface area contributed by atoms with Crippen molar-refractivity contribution in [3.8, 4) is 6.07 Å². The highest BCUT2D eigenvalue weighted by molar-refractivity contribution is 7.92. The Morgan fingerprint density at radius 1 is 0.960 bits per heavy atom. The molecule has 50 heavy (non-hydrogen) atoms. The summed E-state index contributed by atoms with van der Waals surface area (Å²) in [5.74, 6) is -0.691. The van der Waals surface area contributed by atoms with E-state index in [1.54, 1.807) is 0 Å². The van der Waals surface area contributed by atoms with Gasteiger partial charge < -0.3 is 21.1 Å². The van der Waals surface area contributed by atoms with E-state index >= 15 is 0 Å². The molecule has 0 aromatic heterocycles. The Hall–Kier alpha value is -3.79. The molecule has 6 atom stereocenters. The van der Waals surface area contributed by atoms with E-state index in [-0.39, 0.29) is 24.4 Å². The predicted molar refractivity (Wildman–Crippen MR) is 193 cm³/mol. The fourth-order valence-electron chi connectivity index (χ4n) is 7.09. The van der Waals surface area contributed by atoms with E-state index in [1.807, 2.05) is 62.1 Å². The van der Waals surface area contributed by atoms with Crippen LogP contribution in [0, 0.1) is 23.2 Å². The Balaban J connectivity index is 1.63. The molecule has 1 aliphatic heterocycles. The second-order valence-electron chi connectivity index (χ2n) is 15.6. The molecule has 11 nitrogen and oxygen atoms in total. The Bertz CT molecular complexity index is 1650. The number of nitriles is 1. The molecule has 1 heterocycles. The third-order valence-electron chi connectivity index (χ3n) is 10.3. The van der Waals surface area contributed by atoms with Crippen molar-refractivity contribution in [1.82, 2.24) is 20.9 Å². The summed E-state index contributed by atoms with van der Waals surface area (Å²) in [5.41, 5.74) is 0.900. The van der Waals surface area contributed by atoms with Gasteiger partial charge in [0.2, 0.25) is 11.8 Å². The van der Waals surface area contributed by atoms with Gasteiger partial charge in [0.05, 0.1) is 34.6 Å². The normalized spacial score (nSPS) is 21.8. The summed E-state index contributed by atoms with van der Waals surface area (Å²) in [7, 11) is -3.90. The van der Waals surface area contributed by atoms with Crippen LogP contribution >= 0.6 is 0 Å². The molecule has 2 aromatic carbocycles. The fraction of sp³-hybridized carbons (Fsp3) is 0.579. The molecule has 0 bridgehead atoms. The van der Waals surface area contributed by atoms with Crippen LogP contribution in [-0.2, 0) is 25.8 Å². The minimum Gasteiger partial charge on any atom is -0.390 e. The molecule has 3 amide bonds. The lowest BCUT2D eigenvalue weighted by Crippen LogP contribution is -2.64. The van der Waals surface area contributed by atoms with Crippen molar-refractivity contribution in [3.05, 3.63) is 71.3 Å². The topological polar surface area (TPSA) is 169 Å². The summed E-state index contributed by atoms with van der Waals surface area (Å²) in [5, 5.41) is 29.7. The number of aliphatic hydroxyl groups is 1. The molecule has 3 unspecified atom stereocenters. The average Bonchev–Trinajstić information content (AvgIpc) is 3.05. The summed E-state index contributed by atoms with van der Waals surface area (Å²) < 4.78 is 24.3. The monoisotopic (exact) mass is 707 g/mol. The Morgan fingerprint density at radius 3 is 2.16 bits per heavy atom. The highest BCUT2D eigenvalue weighted by atomic mass is 32.2. The number of hydrogen-bond donors (Lipinski definition) is 4. The lowest BCUT2D eigenvalue weighted by Gasteiger charge is -2.47. The van der Waals surface area contributed by atoms with Crippen LogP contribution in [0.5, 0.6) is 0 Å². The Kier molecular flexibility index (Phi) is 12.5. The van der Waals surface area contributed by atoms with Crippen LogP contribution in [0.25, 0.3) is 0 Å². The van der Waals surface area contributed by atoms with Crippen molar-refractivity contribution in [2.75, 3.05) is 19.3 Å². The number of amides is 3. The number of rotatable bonds is 12. The maximum absolute atomic E-state index is 14.2. The van der Waals surface area contributed by atoms with Gasteiger partial charge in [0.1, 0.15) is 6.04 Å². The van der Waals surface area contributed by atoms with E-state index < -0.39 is 56.2 Å². The first kappa shape index (κ1) is 39.0. The van der Waals surface area contributed by atoms with Crippen molar-refractivity contribution in [1.29, 1.82) is 5.26 Å². The number of likely N-dealkylation sites (tertiary alicyclic amines) is 1.